The van der Waals surface area contributed by atoms with Crippen LogP contribution in [-0.4, -0.2) is 13.1 Å². The number of rotatable bonds is 1. The molecular weight excluding hydrogens is 192 g/mol. The van der Waals surface area contributed by atoms with E-state index in [9.17, 15) is 4.79 Å². The van der Waals surface area contributed by atoms with Crippen LogP contribution in [0.5, 0.6) is 0 Å². The summed E-state index contributed by atoms with van der Waals surface area (Å²) >= 11 is 0. The van der Waals surface area contributed by atoms with Gasteiger partial charge in [-0.15, -0.1) is 0 Å². The Bertz CT molecular complexity index is 415. The molecule has 0 aromatic heterocycles. The summed E-state index contributed by atoms with van der Waals surface area (Å²) in [6.45, 7) is 0. The number of benzene rings is 1. The quantitative estimate of drug-likeness (QED) is 0.530. The Hall–Kier alpha value is -1.55. The average molecular weight is 206 g/mol. The first-order valence-corrected chi connectivity index (χ1v) is 4.89. The molecule has 1 aromatic carbocycles. The Labute approximate surface area is 88.2 Å². The van der Waals surface area contributed by atoms with Crippen LogP contribution in [0.2, 0.25) is 0 Å². The number of aryl methyl sites for hydroxylation is 1. The fourth-order valence-electron chi connectivity index (χ4n) is 2.00. The van der Waals surface area contributed by atoms with E-state index in [0.717, 1.165) is 24.0 Å². The lowest BCUT2D eigenvalue weighted by Crippen LogP contribution is -2.10. The van der Waals surface area contributed by atoms with Crippen LogP contribution < -0.4 is 11.5 Å². The molecule has 1 aromatic rings. The number of hydrogen-bond donors (Lipinski definition) is 2. The van der Waals surface area contributed by atoms with Gasteiger partial charge < -0.3 is 16.2 Å². The number of methoxy groups -OCH3 is 1. The van der Waals surface area contributed by atoms with E-state index in [1.807, 2.05) is 6.07 Å². The predicted octanol–water partition coefficient (Wildman–Crippen LogP) is 1.00. The minimum absolute atomic E-state index is 0.0176. The fraction of sp³-hybridized carbons (Fsp3) is 0.364. The first-order chi connectivity index (χ1) is 7.13. The zero-order valence-electron chi connectivity index (χ0n) is 8.62. The highest BCUT2D eigenvalue weighted by Crippen LogP contribution is 2.32. The number of anilines is 1. The number of nitrogens with two attached hydrogens (primary N) is 2. The van der Waals surface area contributed by atoms with Crippen molar-refractivity contribution in [3.63, 3.8) is 0 Å². The molecule has 80 valence electrons. The zero-order chi connectivity index (χ0) is 11.0. The standard InChI is InChI=1S/C11H14N2O2/c1-15-11(14)8-5-7-6(4-10(8)13)2-3-9(7)12/h4-5,9H,2-3,12-13H2,1H3. The van der Waals surface area contributed by atoms with Gasteiger partial charge in [-0.1, -0.05) is 0 Å². The second-order valence-electron chi connectivity index (χ2n) is 3.78. The zero-order valence-corrected chi connectivity index (χ0v) is 8.62. The van der Waals surface area contributed by atoms with E-state index in [0.29, 0.717) is 11.3 Å². The maximum Gasteiger partial charge on any atom is 0.339 e. The van der Waals surface area contributed by atoms with Crippen molar-refractivity contribution in [2.75, 3.05) is 12.8 Å². The summed E-state index contributed by atoms with van der Waals surface area (Å²) in [5.41, 5.74) is 14.7. The molecule has 0 spiro atoms. The van der Waals surface area contributed by atoms with Gasteiger partial charge in [0.25, 0.3) is 0 Å². The van der Waals surface area contributed by atoms with Gasteiger partial charge in [-0.05, 0) is 36.1 Å². The Morgan fingerprint density at radius 3 is 2.93 bits per heavy atom. The Kier molecular flexibility index (Phi) is 2.36. The smallest absolute Gasteiger partial charge is 0.339 e. The third kappa shape index (κ3) is 1.57. The van der Waals surface area contributed by atoms with Gasteiger partial charge in [0.1, 0.15) is 0 Å². The van der Waals surface area contributed by atoms with Crippen molar-refractivity contribution in [1.29, 1.82) is 0 Å². The van der Waals surface area contributed by atoms with Crippen molar-refractivity contribution in [2.45, 2.75) is 18.9 Å². The van der Waals surface area contributed by atoms with E-state index in [2.05, 4.69) is 4.74 Å². The average Bonchev–Trinajstić information content (AvgIpc) is 2.58. The topological polar surface area (TPSA) is 78.3 Å². The summed E-state index contributed by atoms with van der Waals surface area (Å²) in [6, 6.07) is 3.60. The normalized spacial score (nSPS) is 18.7. The van der Waals surface area contributed by atoms with E-state index in [-0.39, 0.29) is 6.04 Å². The molecule has 1 atom stereocenters. The van der Waals surface area contributed by atoms with Gasteiger partial charge in [0, 0.05) is 11.7 Å². The minimum Gasteiger partial charge on any atom is -0.465 e. The van der Waals surface area contributed by atoms with Crippen LogP contribution >= 0.6 is 0 Å². The van der Waals surface area contributed by atoms with Crippen LogP contribution in [0.1, 0.15) is 33.9 Å². The van der Waals surface area contributed by atoms with E-state index in [1.54, 1.807) is 6.07 Å². The van der Waals surface area contributed by atoms with Gasteiger partial charge in [0.2, 0.25) is 0 Å². The molecule has 1 aliphatic carbocycles. The van der Waals surface area contributed by atoms with Crippen molar-refractivity contribution in [3.8, 4) is 0 Å². The molecule has 0 radical (unpaired) electrons. The number of nitrogen functional groups attached to an aromatic ring is 1. The summed E-state index contributed by atoms with van der Waals surface area (Å²) < 4.78 is 4.65. The van der Waals surface area contributed by atoms with E-state index < -0.39 is 5.97 Å². The van der Waals surface area contributed by atoms with Crippen LogP contribution in [0.15, 0.2) is 12.1 Å². The molecule has 0 fully saturated rings. The highest BCUT2D eigenvalue weighted by atomic mass is 16.5. The summed E-state index contributed by atoms with van der Waals surface area (Å²) in [6.07, 6.45) is 1.85. The van der Waals surface area contributed by atoms with Crippen LogP contribution in [0.25, 0.3) is 0 Å². The lowest BCUT2D eigenvalue weighted by molar-refractivity contribution is 0.0602. The molecule has 0 aliphatic heterocycles. The third-order valence-electron chi connectivity index (χ3n) is 2.84. The Morgan fingerprint density at radius 2 is 2.27 bits per heavy atom. The monoisotopic (exact) mass is 206 g/mol. The van der Waals surface area contributed by atoms with Crippen molar-refractivity contribution >= 4 is 11.7 Å². The van der Waals surface area contributed by atoms with Gasteiger partial charge in [0.15, 0.2) is 0 Å². The molecular formula is C11H14N2O2. The van der Waals surface area contributed by atoms with Crippen molar-refractivity contribution in [3.05, 3.63) is 28.8 Å². The van der Waals surface area contributed by atoms with Gasteiger partial charge in [-0.2, -0.15) is 0 Å². The minimum atomic E-state index is -0.408. The lowest BCUT2D eigenvalue weighted by Gasteiger charge is -2.09. The van der Waals surface area contributed by atoms with Gasteiger partial charge in [-0.25, -0.2) is 4.79 Å². The number of ether oxygens (including phenoxy) is 1. The third-order valence-corrected chi connectivity index (χ3v) is 2.84. The van der Waals surface area contributed by atoms with Gasteiger partial charge in [0.05, 0.1) is 12.7 Å². The first kappa shape index (κ1) is 9.98. The number of hydrogen-bond acceptors (Lipinski definition) is 4. The van der Waals surface area contributed by atoms with Crippen LogP contribution in [0.4, 0.5) is 5.69 Å². The molecule has 0 saturated carbocycles. The summed E-state index contributed by atoms with van der Waals surface area (Å²) in [5.74, 6) is -0.408. The SMILES string of the molecule is COC(=O)c1cc2c(cc1N)CCC2N. The molecule has 15 heavy (non-hydrogen) atoms. The second kappa shape index (κ2) is 3.55. The molecule has 4 heteroatoms. The Balaban J connectivity index is 2.50. The first-order valence-electron chi connectivity index (χ1n) is 4.89. The van der Waals surface area contributed by atoms with E-state index >= 15 is 0 Å². The molecule has 4 nitrogen and oxygen atoms in total. The van der Waals surface area contributed by atoms with Crippen LogP contribution in [0, 0.1) is 0 Å². The molecule has 4 N–H and O–H groups in total. The van der Waals surface area contributed by atoms with Crippen LogP contribution in [-0.2, 0) is 11.2 Å². The van der Waals surface area contributed by atoms with Crippen LogP contribution in [0.3, 0.4) is 0 Å². The maximum absolute atomic E-state index is 11.4. The fourth-order valence-corrected chi connectivity index (χ4v) is 2.00. The van der Waals surface area contributed by atoms with Crippen molar-refractivity contribution in [1.82, 2.24) is 0 Å². The summed E-state index contributed by atoms with van der Waals surface area (Å²) in [7, 11) is 1.34. The van der Waals surface area contributed by atoms with E-state index in [4.69, 9.17) is 11.5 Å². The number of carbonyl (C=O) groups is 1. The molecule has 1 unspecified atom stereocenters. The Morgan fingerprint density at radius 1 is 1.53 bits per heavy atom. The largest absolute Gasteiger partial charge is 0.465 e. The number of carbonyl (C=O) groups excluding carboxylic acids is 1. The molecule has 0 saturated heterocycles. The summed E-state index contributed by atoms with van der Waals surface area (Å²) in [5, 5.41) is 0. The summed E-state index contributed by atoms with van der Waals surface area (Å²) in [4.78, 5) is 11.4. The predicted molar refractivity (Wildman–Crippen MR) is 57.4 cm³/mol. The van der Waals surface area contributed by atoms with Crippen molar-refractivity contribution in [2.24, 2.45) is 5.73 Å². The highest BCUT2D eigenvalue weighted by Gasteiger charge is 2.22. The molecule has 0 bridgehead atoms. The lowest BCUT2D eigenvalue weighted by atomic mass is 10.0. The number of esters is 1. The molecule has 2 rings (SSSR count). The van der Waals surface area contributed by atoms with Crippen molar-refractivity contribution < 1.29 is 9.53 Å². The second-order valence-corrected chi connectivity index (χ2v) is 3.78. The molecule has 0 amide bonds. The maximum atomic E-state index is 11.4. The molecule has 0 heterocycles. The van der Waals surface area contributed by atoms with Gasteiger partial charge >= 0.3 is 5.97 Å². The molecule has 1 aliphatic rings. The van der Waals surface area contributed by atoms with E-state index in [1.165, 1.54) is 7.11 Å². The highest BCUT2D eigenvalue weighted by molar-refractivity contribution is 5.95. The van der Waals surface area contributed by atoms with Gasteiger partial charge in [-0.3, -0.25) is 0 Å². The number of fused-ring (bicyclic) bond motifs is 1.